The van der Waals surface area contributed by atoms with Gasteiger partial charge in [-0.3, -0.25) is 19.2 Å². The number of allylic oxidation sites excluding steroid dienone is 2. The van der Waals surface area contributed by atoms with Gasteiger partial charge in [0, 0.05) is 17.0 Å². The van der Waals surface area contributed by atoms with E-state index >= 15 is 0 Å². The van der Waals surface area contributed by atoms with Crippen LogP contribution in [0.25, 0.3) is 0 Å². The number of hydrogen-bond acceptors (Lipinski definition) is 4. The number of ketones is 1. The average Bonchev–Trinajstić information content (AvgIpc) is 3.10. The van der Waals surface area contributed by atoms with Gasteiger partial charge in [0.2, 0.25) is 0 Å². The Morgan fingerprint density at radius 1 is 0.943 bits per heavy atom. The van der Waals surface area contributed by atoms with E-state index in [1.54, 1.807) is 0 Å². The van der Waals surface area contributed by atoms with E-state index in [2.05, 4.69) is 0 Å². The number of rotatable bonds is 7. The first-order valence-corrected chi connectivity index (χ1v) is 12.2. The second-order valence-corrected chi connectivity index (χ2v) is 9.48. The van der Waals surface area contributed by atoms with E-state index < -0.39 is 47.2 Å². The minimum Gasteiger partial charge on any atom is -0.292 e. The predicted molar refractivity (Wildman–Crippen MR) is 130 cm³/mol. The lowest BCUT2D eigenvalue weighted by molar-refractivity contribution is -0.156. The minimum absolute atomic E-state index is 0.0273. The summed E-state index contributed by atoms with van der Waals surface area (Å²) in [7, 11) is 0. The first-order chi connectivity index (χ1) is 16.7. The van der Waals surface area contributed by atoms with Crippen molar-refractivity contribution in [2.75, 3.05) is 5.88 Å². The number of fused-ring (bicyclic) bond motifs is 1. The molecule has 0 bridgehead atoms. The number of imide groups is 1. The molecule has 0 N–H and O–H groups in total. The highest BCUT2D eigenvalue weighted by atomic mass is 35.5. The first-order valence-electron chi connectivity index (χ1n) is 10.9. The van der Waals surface area contributed by atoms with Gasteiger partial charge in [0.15, 0.2) is 5.78 Å². The van der Waals surface area contributed by atoms with Crippen molar-refractivity contribution in [3.8, 4) is 0 Å². The summed E-state index contributed by atoms with van der Waals surface area (Å²) < 4.78 is 13.5. The van der Waals surface area contributed by atoms with Crippen LogP contribution >= 0.6 is 34.8 Å². The van der Waals surface area contributed by atoms with Crippen LogP contribution in [-0.2, 0) is 9.59 Å². The lowest BCUT2D eigenvalue weighted by Gasteiger charge is -2.36. The number of benzene rings is 2. The van der Waals surface area contributed by atoms with Crippen molar-refractivity contribution in [2.24, 2.45) is 11.8 Å². The molecule has 2 aromatic rings. The van der Waals surface area contributed by atoms with Gasteiger partial charge >= 0.3 is 0 Å². The number of hydrazine groups is 1. The van der Waals surface area contributed by atoms with Gasteiger partial charge in [-0.25, -0.2) is 9.40 Å². The van der Waals surface area contributed by atoms with Crippen LogP contribution in [-0.4, -0.2) is 45.4 Å². The molecule has 6 nitrogen and oxygen atoms in total. The van der Waals surface area contributed by atoms with Crippen molar-refractivity contribution in [1.82, 2.24) is 10.0 Å². The lowest BCUT2D eigenvalue weighted by Crippen LogP contribution is -2.57. The summed E-state index contributed by atoms with van der Waals surface area (Å²) in [6, 6.07) is 7.58. The molecule has 182 valence electrons. The minimum atomic E-state index is -1.30. The van der Waals surface area contributed by atoms with Crippen molar-refractivity contribution in [3.05, 3.63) is 81.6 Å². The molecule has 1 aliphatic heterocycles. The Morgan fingerprint density at radius 3 is 2.06 bits per heavy atom. The van der Waals surface area contributed by atoms with Crippen LogP contribution in [0.5, 0.6) is 0 Å². The summed E-state index contributed by atoms with van der Waals surface area (Å²) in [5.41, 5.74) is 0.131. The average molecular weight is 538 g/mol. The topological polar surface area (TPSA) is 74.8 Å². The van der Waals surface area contributed by atoms with Gasteiger partial charge in [-0.15, -0.1) is 11.6 Å². The molecular formula is C25H20Cl3FN2O4. The molecule has 3 amide bonds. The van der Waals surface area contributed by atoms with E-state index in [1.807, 2.05) is 12.2 Å². The smallest absolute Gasteiger partial charge is 0.273 e. The molecule has 35 heavy (non-hydrogen) atoms. The molecule has 0 spiro atoms. The van der Waals surface area contributed by atoms with Gasteiger partial charge in [0.25, 0.3) is 17.7 Å². The Balaban J connectivity index is 1.82. The van der Waals surface area contributed by atoms with Crippen molar-refractivity contribution in [3.63, 3.8) is 0 Å². The number of amides is 3. The normalized spacial score (nSPS) is 20.1. The zero-order valence-corrected chi connectivity index (χ0v) is 20.6. The first kappa shape index (κ1) is 25.4. The zero-order chi connectivity index (χ0) is 25.3. The highest BCUT2D eigenvalue weighted by molar-refractivity contribution is 6.42. The second-order valence-electron chi connectivity index (χ2n) is 8.29. The maximum absolute atomic E-state index is 13.8. The van der Waals surface area contributed by atoms with Gasteiger partial charge in [-0.1, -0.05) is 35.4 Å². The number of carbonyl (C=O) groups excluding carboxylic acids is 4. The van der Waals surface area contributed by atoms with E-state index in [4.69, 9.17) is 34.8 Å². The van der Waals surface area contributed by atoms with Crippen LogP contribution in [0.4, 0.5) is 4.39 Å². The maximum atomic E-state index is 13.8. The fourth-order valence-electron chi connectivity index (χ4n) is 4.40. The number of halogens is 4. The van der Waals surface area contributed by atoms with E-state index in [0.717, 1.165) is 22.2 Å². The fraction of sp³-hybridized carbons (Fsp3) is 0.280. The van der Waals surface area contributed by atoms with E-state index in [0.29, 0.717) is 12.8 Å². The molecule has 0 unspecified atom stereocenters. The third kappa shape index (κ3) is 4.85. The van der Waals surface area contributed by atoms with E-state index in [9.17, 15) is 23.6 Å². The highest BCUT2D eigenvalue weighted by Gasteiger charge is 2.53. The molecule has 0 radical (unpaired) electrons. The quantitative estimate of drug-likeness (QED) is 0.207. The van der Waals surface area contributed by atoms with Gasteiger partial charge in [0.1, 0.15) is 11.9 Å². The van der Waals surface area contributed by atoms with Gasteiger partial charge in [-0.2, -0.15) is 5.01 Å². The summed E-state index contributed by atoms with van der Waals surface area (Å²) in [5.74, 6) is -4.36. The Bertz CT molecular complexity index is 1190. The van der Waals surface area contributed by atoms with Crippen LogP contribution in [0.1, 0.15) is 40.0 Å². The summed E-state index contributed by atoms with van der Waals surface area (Å²) in [6.07, 6.45) is 4.29. The molecule has 1 fully saturated rings. The molecule has 1 aliphatic carbocycles. The molecule has 2 aliphatic rings. The molecule has 2 aromatic carbocycles. The fourth-order valence-corrected chi connectivity index (χ4v) is 4.91. The molecule has 10 heteroatoms. The molecule has 3 atom stereocenters. The van der Waals surface area contributed by atoms with Crippen LogP contribution < -0.4 is 0 Å². The maximum Gasteiger partial charge on any atom is 0.273 e. The Hall–Kier alpha value is -2.74. The molecular weight excluding hydrogens is 518 g/mol. The van der Waals surface area contributed by atoms with Crippen molar-refractivity contribution < 1.29 is 23.6 Å². The molecule has 4 rings (SSSR count). The summed E-state index contributed by atoms with van der Waals surface area (Å²) in [5, 5.41) is 1.97. The summed E-state index contributed by atoms with van der Waals surface area (Å²) >= 11 is 18.1. The van der Waals surface area contributed by atoms with Crippen molar-refractivity contribution in [2.45, 2.75) is 25.3 Å². The predicted octanol–water partition coefficient (Wildman–Crippen LogP) is 5.32. The lowest BCUT2D eigenvalue weighted by atomic mass is 9.85. The molecule has 1 saturated heterocycles. The standard InChI is InChI=1S/C25H20Cl3FN2O4/c26-12-11-21(22(32)14-5-8-16(29)9-6-14)30(23(33)15-7-10-19(27)20(28)13-15)31-24(34)17-3-1-2-4-18(17)25(31)35/h1-2,5-10,13,17-18,21H,3-4,11-12H2/t17-,18+,21-/m0/s1. The van der Waals surface area contributed by atoms with Gasteiger partial charge in [-0.05, 0) is 61.7 Å². The number of Topliss-reactive ketones (excluding diaryl/α,β-unsaturated/α-hetero) is 1. The van der Waals surface area contributed by atoms with E-state index in [-0.39, 0.29) is 33.5 Å². The van der Waals surface area contributed by atoms with Crippen molar-refractivity contribution in [1.29, 1.82) is 0 Å². The van der Waals surface area contributed by atoms with Crippen LogP contribution in [0, 0.1) is 17.7 Å². The molecule has 1 heterocycles. The summed E-state index contributed by atoms with van der Waals surface area (Å²) in [6.45, 7) is 0. The Kier molecular flexibility index (Phi) is 7.59. The van der Waals surface area contributed by atoms with Crippen molar-refractivity contribution >= 4 is 58.3 Å². The monoisotopic (exact) mass is 536 g/mol. The third-order valence-electron chi connectivity index (χ3n) is 6.18. The largest absolute Gasteiger partial charge is 0.292 e. The Labute approximate surface area is 216 Å². The number of alkyl halides is 1. The zero-order valence-electron chi connectivity index (χ0n) is 18.3. The van der Waals surface area contributed by atoms with Gasteiger partial charge in [0.05, 0.1) is 21.9 Å². The summed E-state index contributed by atoms with van der Waals surface area (Å²) in [4.78, 5) is 54.1. The van der Waals surface area contributed by atoms with Gasteiger partial charge < -0.3 is 0 Å². The highest BCUT2D eigenvalue weighted by Crippen LogP contribution is 2.37. The molecule has 0 saturated carbocycles. The second kappa shape index (κ2) is 10.5. The van der Waals surface area contributed by atoms with E-state index in [1.165, 1.54) is 30.3 Å². The number of nitrogens with zero attached hydrogens (tertiary/aromatic N) is 2. The van der Waals surface area contributed by atoms with Crippen LogP contribution in [0.15, 0.2) is 54.6 Å². The Morgan fingerprint density at radius 2 is 1.51 bits per heavy atom. The molecule has 0 aromatic heterocycles. The SMILES string of the molecule is O=C(c1ccc(F)cc1)[C@H](CCCl)N(C(=O)c1ccc(Cl)c(Cl)c1)N1C(=O)[C@H]2CC=CC[C@H]2C1=O. The van der Waals surface area contributed by atoms with Crippen LogP contribution in [0.2, 0.25) is 10.0 Å². The number of hydrogen-bond donors (Lipinski definition) is 0. The number of carbonyl (C=O) groups is 4. The van der Waals surface area contributed by atoms with Crippen LogP contribution in [0.3, 0.4) is 0 Å². The third-order valence-corrected chi connectivity index (χ3v) is 7.14.